The molecule has 1 atom stereocenters. The van der Waals surface area contributed by atoms with E-state index in [9.17, 15) is 4.39 Å². The summed E-state index contributed by atoms with van der Waals surface area (Å²) in [6.07, 6.45) is 3.65. The van der Waals surface area contributed by atoms with E-state index in [4.69, 9.17) is 0 Å². The van der Waals surface area contributed by atoms with Crippen molar-refractivity contribution in [2.45, 2.75) is 25.3 Å². The van der Waals surface area contributed by atoms with Crippen LogP contribution in [0.3, 0.4) is 0 Å². The number of piperidine rings is 1. The molecule has 4 heteroatoms. The molecule has 0 amide bonds. The topological polar surface area (TPSA) is 24.9 Å². The first-order chi connectivity index (χ1) is 8.83. The third-order valence-electron chi connectivity index (χ3n) is 3.26. The molecule has 2 aromatic rings. The number of nitrogens with zero attached hydrogens (tertiary/aromatic N) is 1. The summed E-state index contributed by atoms with van der Waals surface area (Å²) in [5.41, 5.74) is 1.96. The summed E-state index contributed by atoms with van der Waals surface area (Å²) >= 11 is 1.59. The Kier molecular flexibility index (Phi) is 3.39. The van der Waals surface area contributed by atoms with E-state index in [0.29, 0.717) is 6.04 Å². The number of aromatic nitrogens is 1. The van der Waals surface area contributed by atoms with Gasteiger partial charge in [0.25, 0.3) is 0 Å². The zero-order chi connectivity index (χ0) is 12.4. The van der Waals surface area contributed by atoms with Gasteiger partial charge in [0.15, 0.2) is 0 Å². The molecule has 1 aliphatic rings. The Bertz CT molecular complexity index is 532. The highest BCUT2D eigenvalue weighted by atomic mass is 32.1. The number of benzene rings is 1. The zero-order valence-electron chi connectivity index (χ0n) is 10.0. The molecule has 3 rings (SSSR count). The third-order valence-corrected chi connectivity index (χ3v) is 4.17. The smallest absolute Gasteiger partial charge is 0.123 e. The molecule has 2 nitrogen and oxygen atoms in total. The summed E-state index contributed by atoms with van der Waals surface area (Å²) in [7, 11) is 0. The molecule has 94 valence electrons. The van der Waals surface area contributed by atoms with Crippen molar-refractivity contribution < 1.29 is 4.39 Å². The number of nitrogens with one attached hydrogen (secondary N) is 1. The van der Waals surface area contributed by atoms with Crippen molar-refractivity contribution in [3.8, 4) is 10.6 Å². The van der Waals surface area contributed by atoms with Crippen LogP contribution in [0.2, 0.25) is 0 Å². The van der Waals surface area contributed by atoms with Gasteiger partial charge in [0.05, 0.1) is 11.7 Å². The summed E-state index contributed by atoms with van der Waals surface area (Å²) in [6.45, 7) is 1.07. The Morgan fingerprint density at radius 3 is 3.06 bits per heavy atom. The molecule has 2 heterocycles. The molecular weight excluding hydrogens is 247 g/mol. The van der Waals surface area contributed by atoms with Gasteiger partial charge < -0.3 is 5.32 Å². The predicted molar refractivity (Wildman–Crippen MR) is 72.1 cm³/mol. The first-order valence-corrected chi connectivity index (χ1v) is 7.15. The molecule has 0 bridgehead atoms. The van der Waals surface area contributed by atoms with Crippen LogP contribution in [0.5, 0.6) is 0 Å². The molecule has 1 aromatic carbocycles. The second-order valence-corrected chi connectivity index (χ2v) is 5.45. The number of halogens is 1. The van der Waals surface area contributed by atoms with Gasteiger partial charge in [-0.25, -0.2) is 9.37 Å². The average molecular weight is 262 g/mol. The van der Waals surface area contributed by atoms with Crippen molar-refractivity contribution in [1.29, 1.82) is 0 Å². The maximum atomic E-state index is 13.2. The third kappa shape index (κ3) is 2.44. The fraction of sp³-hybridized carbons (Fsp3) is 0.357. The van der Waals surface area contributed by atoms with E-state index < -0.39 is 0 Å². The van der Waals surface area contributed by atoms with Crippen LogP contribution < -0.4 is 5.32 Å². The SMILES string of the molecule is Fc1cccc(-c2nc(C3CCCCN3)cs2)c1. The lowest BCUT2D eigenvalue weighted by Crippen LogP contribution is -2.26. The number of hydrogen-bond acceptors (Lipinski definition) is 3. The standard InChI is InChI=1S/C14H15FN2S/c15-11-5-3-4-10(8-11)14-17-13(9-18-14)12-6-1-2-7-16-12/h3-5,8-9,12,16H,1-2,6-7H2. The van der Waals surface area contributed by atoms with E-state index in [1.807, 2.05) is 6.07 Å². The van der Waals surface area contributed by atoms with Crippen LogP contribution in [0.4, 0.5) is 4.39 Å². The molecule has 1 saturated heterocycles. The highest BCUT2D eigenvalue weighted by Gasteiger charge is 2.17. The van der Waals surface area contributed by atoms with E-state index >= 15 is 0 Å². The molecule has 1 N–H and O–H groups in total. The van der Waals surface area contributed by atoms with Crippen LogP contribution in [0, 0.1) is 5.82 Å². The summed E-state index contributed by atoms with van der Waals surface area (Å²) in [6, 6.07) is 7.00. The zero-order valence-corrected chi connectivity index (χ0v) is 10.8. The Morgan fingerprint density at radius 2 is 2.28 bits per heavy atom. The highest BCUT2D eigenvalue weighted by molar-refractivity contribution is 7.13. The molecular formula is C14H15FN2S. The monoisotopic (exact) mass is 262 g/mol. The maximum absolute atomic E-state index is 13.2. The van der Waals surface area contributed by atoms with Crippen molar-refractivity contribution in [2.24, 2.45) is 0 Å². The van der Waals surface area contributed by atoms with Gasteiger partial charge in [-0.15, -0.1) is 11.3 Å². The second kappa shape index (κ2) is 5.16. The van der Waals surface area contributed by atoms with Gasteiger partial charge in [-0.3, -0.25) is 0 Å². The minimum Gasteiger partial charge on any atom is -0.309 e. The Morgan fingerprint density at radius 1 is 1.33 bits per heavy atom. The lowest BCUT2D eigenvalue weighted by Gasteiger charge is -2.21. The summed E-state index contributed by atoms with van der Waals surface area (Å²) in [5, 5.41) is 6.47. The average Bonchev–Trinajstić information content (AvgIpc) is 2.89. The molecule has 0 aliphatic carbocycles. The Labute approximate surface area is 110 Å². The predicted octanol–water partition coefficient (Wildman–Crippen LogP) is 3.76. The van der Waals surface area contributed by atoms with Gasteiger partial charge in [0.2, 0.25) is 0 Å². The van der Waals surface area contributed by atoms with E-state index in [0.717, 1.165) is 29.2 Å². The van der Waals surface area contributed by atoms with Crippen molar-refractivity contribution in [2.75, 3.05) is 6.54 Å². The quantitative estimate of drug-likeness (QED) is 0.891. The van der Waals surface area contributed by atoms with Crippen LogP contribution in [0.25, 0.3) is 10.6 Å². The number of hydrogen-bond donors (Lipinski definition) is 1. The molecule has 18 heavy (non-hydrogen) atoms. The number of rotatable bonds is 2. The van der Waals surface area contributed by atoms with Gasteiger partial charge in [0, 0.05) is 10.9 Å². The molecule has 1 unspecified atom stereocenters. The van der Waals surface area contributed by atoms with E-state index in [1.54, 1.807) is 17.4 Å². The van der Waals surface area contributed by atoms with Crippen LogP contribution in [0.1, 0.15) is 31.0 Å². The number of thiazole rings is 1. The van der Waals surface area contributed by atoms with E-state index in [-0.39, 0.29) is 5.82 Å². The fourth-order valence-corrected chi connectivity index (χ4v) is 3.18. The minimum absolute atomic E-state index is 0.208. The normalized spacial score (nSPS) is 19.9. The lowest BCUT2D eigenvalue weighted by atomic mass is 10.0. The minimum atomic E-state index is -0.208. The lowest BCUT2D eigenvalue weighted by molar-refractivity contribution is 0.407. The second-order valence-electron chi connectivity index (χ2n) is 4.59. The first-order valence-electron chi connectivity index (χ1n) is 6.28. The Hall–Kier alpha value is -1.26. The largest absolute Gasteiger partial charge is 0.309 e. The molecule has 1 aliphatic heterocycles. The van der Waals surface area contributed by atoms with Crippen molar-refractivity contribution in [1.82, 2.24) is 10.3 Å². The molecule has 1 fully saturated rings. The molecule has 0 saturated carbocycles. The van der Waals surface area contributed by atoms with E-state index in [2.05, 4.69) is 15.7 Å². The van der Waals surface area contributed by atoms with E-state index in [1.165, 1.54) is 25.0 Å². The van der Waals surface area contributed by atoms with Crippen LogP contribution >= 0.6 is 11.3 Å². The summed E-state index contributed by atoms with van der Waals surface area (Å²) in [5.74, 6) is -0.208. The Balaban J connectivity index is 1.84. The van der Waals surface area contributed by atoms with Crippen molar-refractivity contribution in [3.05, 3.63) is 41.2 Å². The van der Waals surface area contributed by atoms with Crippen LogP contribution in [0.15, 0.2) is 29.6 Å². The van der Waals surface area contributed by atoms with Gasteiger partial charge in [-0.1, -0.05) is 18.6 Å². The maximum Gasteiger partial charge on any atom is 0.123 e. The van der Waals surface area contributed by atoms with Crippen LogP contribution in [-0.4, -0.2) is 11.5 Å². The highest BCUT2D eigenvalue weighted by Crippen LogP contribution is 2.29. The summed E-state index contributed by atoms with van der Waals surface area (Å²) in [4.78, 5) is 4.63. The van der Waals surface area contributed by atoms with Gasteiger partial charge in [-0.2, -0.15) is 0 Å². The van der Waals surface area contributed by atoms with Gasteiger partial charge in [0.1, 0.15) is 10.8 Å². The van der Waals surface area contributed by atoms with Gasteiger partial charge in [-0.05, 0) is 31.5 Å². The molecule has 0 radical (unpaired) electrons. The molecule has 1 aromatic heterocycles. The van der Waals surface area contributed by atoms with Crippen LogP contribution in [-0.2, 0) is 0 Å². The van der Waals surface area contributed by atoms with Gasteiger partial charge >= 0.3 is 0 Å². The first kappa shape index (κ1) is 11.8. The molecule has 0 spiro atoms. The fourth-order valence-electron chi connectivity index (χ4n) is 2.30. The van der Waals surface area contributed by atoms with Crippen molar-refractivity contribution in [3.63, 3.8) is 0 Å². The summed E-state index contributed by atoms with van der Waals surface area (Å²) < 4.78 is 13.2. The van der Waals surface area contributed by atoms with Crippen molar-refractivity contribution >= 4 is 11.3 Å².